The first-order chi connectivity index (χ1) is 8.04. The third-order valence-corrected chi connectivity index (χ3v) is 2.30. The number of carboxylic acid groups (broad SMARTS) is 1. The number of hydrogen-bond acceptors (Lipinski definition) is 2. The van der Waals surface area contributed by atoms with Gasteiger partial charge in [-0.1, -0.05) is 11.6 Å². The monoisotopic (exact) mass is 289 g/mol. The summed E-state index contributed by atoms with van der Waals surface area (Å²) in [4.78, 5) is 13.3. The van der Waals surface area contributed by atoms with Crippen molar-refractivity contribution in [3.8, 4) is 0 Å². The summed E-state index contributed by atoms with van der Waals surface area (Å²) in [5.41, 5.74) is -1.96. The van der Waals surface area contributed by atoms with Gasteiger partial charge in [0.1, 0.15) is 5.15 Å². The highest BCUT2D eigenvalue weighted by atomic mass is 35.5. The third-order valence-electron chi connectivity index (χ3n) is 1.96. The number of carboxylic acids is 1. The van der Waals surface area contributed by atoms with Gasteiger partial charge in [-0.05, 0) is 11.6 Å². The van der Waals surface area contributed by atoms with Gasteiger partial charge < -0.3 is 5.11 Å². The van der Waals surface area contributed by atoms with Gasteiger partial charge in [-0.25, -0.2) is 9.78 Å². The van der Waals surface area contributed by atoms with Crippen molar-refractivity contribution in [3.63, 3.8) is 0 Å². The first-order valence-electron chi connectivity index (χ1n) is 4.37. The predicted molar refractivity (Wildman–Crippen MR) is 50.5 cm³/mol. The lowest BCUT2D eigenvalue weighted by Gasteiger charge is -2.13. The highest BCUT2D eigenvalue weighted by molar-refractivity contribution is 6.30. The molecule has 0 aromatic carbocycles. The zero-order chi connectivity index (χ0) is 14.1. The molecule has 1 rings (SSSR count). The van der Waals surface area contributed by atoms with E-state index in [0.29, 0.717) is 12.3 Å². The molecule has 0 saturated carbocycles. The number of nitrogens with zero attached hydrogens (tertiary/aromatic N) is 1. The fourth-order valence-corrected chi connectivity index (χ4v) is 1.26. The van der Waals surface area contributed by atoms with Crippen molar-refractivity contribution in [2.45, 2.75) is 18.5 Å². The lowest BCUT2D eigenvalue weighted by molar-refractivity contribution is -0.164. The summed E-state index contributed by atoms with van der Waals surface area (Å²) in [6, 6.07) is 0.353. The van der Waals surface area contributed by atoms with Crippen LogP contribution in [0.1, 0.15) is 11.1 Å². The Bertz CT molecular complexity index is 475. The molecule has 1 aromatic heterocycles. The van der Waals surface area contributed by atoms with Crippen LogP contribution in [0.25, 0.3) is 0 Å². The van der Waals surface area contributed by atoms with Gasteiger partial charge in [0.25, 0.3) is 0 Å². The van der Waals surface area contributed by atoms with Crippen molar-refractivity contribution >= 4 is 17.6 Å². The molecule has 1 heterocycles. The number of aromatic nitrogens is 1. The van der Waals surface area contributed by atoms with E-state index in [1.165, 1.54) is 0 Å². The standard InChI is InChI=1S/C9H5ClF5NO2/c10-6-4(2-8(11,12)7(17)18)1-5(3-16-6)9(13,14)15/h1,3H,2H2,(H,17,18). The quantitative estimate of drug-likeness (QED) is 0.687. The van der Waals surface area contributed by atoms with Gasteiger partial charge in [0.2, 0.25) is 0 Å². The molecule has 0 fully saturated rings. The SMILES string of the molecule is O=C(O)C(F)(F)Cc1cc(C(F)(F)F)cnc1Cl. The minimum atomic E-state index is -4.77. The van der Waals surface area contributed by atoms with Crippen molar-refractivity contribution in [2.24, 2.45) is 0 Å². The van der Waals surface area contributed by atoms with Crippen LogP contribution in [0.4, 0.5) is 22.0 Å². The van der Waals surface area contributed by atoms with Gasteiger partial charge in [-0.15, -0.1) is 0 Å². The summed E-state index contributed by atoms with van der Waals surface area (Å²) >= 11 is 5.35. The largest absolute Gasteiger partial charge is 0.477 e. The molecule has 0 aliphatic rings. The molecule has 9 heteroatoms. The topological polar surface area (TPSA) is 50.2 Å². The highest BCUT2D eigenvalue weighted by Gasteiger charge is 2.40. The van der Waals surface area contributed by atoms with Crippen LogP contribution in [0.5, 0.6) is 0 Å². The van der Waals surface area contributed by atoms with E-state index in [9.17, 15) is 26.7 Å². The van der Waals surface area contributed by atoms with Crippen molar-refractivity contribution in [1.29, 1.82) is 0 Å². The van der Waals surface area contributed by atoms with Gasteiger partial charge in [0.05, 0.1) is 12.0 Å². The molecule has 0 atom stereocenters. The highest BCUT2D eigenvalue weighted by Crippen LogP contribution is 2.32. The fraction of sp³-hybridized carbons (Fsp3) is 0.333. The van der Waals surface area contributed by atoms with Crippen LogP contribution in [0.2, 0.25) is 5.15 Å². The number of carbonyl (C=O) groups is 1. The smallest absolute Gasteiger partial charge is 0.417 e. The lowest BCUT2D eigenvalue weighted by atomic mass is 10.1. The minimum absolute atomic E-state index is 0.353. The summed E-state index contributed by atoms with van der Waals surface area (Å²) < 4.78 is 62.7. The van der Waals surface area contributed by atoms with E-state index in [1.807, 2.05) is 0 Å². The Labute approximate surface area is 102 Å². The van der Waals surface area contributed by atoms with E-state index in [4.69, 9.17) is 16.7 Å². The lowest BCUT2D eigenvalue weighted by Crippen LogP contribution is -2.31. The molecule has 100 valence electrons. The average molecular weight is 290 g/mol. The van der Waals surface area contributed by atoms with Crippen LogP contribution < -0.4 is 0 Å². The molecule has 1 aromatic rings. The van der Waals surface area contributed by atoms with Crippen LogP contribution in [0.15, 0.2) is 12.3 Å². The van der Waals surface area contributed by atoms with Gasteiger partial charge in [0, 0.05) is 6.20 Å². The molecule has 0 spiro atoms. The van der Waals surface area contributed by atoms with Crippen LogP contribution in [-0.2, 0) is 17.4 Å². The summed E-state index contributed by atoms with van der Waals surface area (Å²) in [6.07, 6.45) is -5.85. The summed E-state index contributed by atoms with van der Waals surface area (Å²) in [5, 5.41) is 7.59. The Morgan fingerprint density at radius 2 is 1.89 bits per heavy atom. The number of alkyl halides is 5. The molecule has 0 radical (unpaired) electrons. The number of hydrogen-bond donors (Lipinski definition) is 1. The van der Waals surface area contributed by atoms with Gasteiger partial charge in [-0.3, -0.25) is 0 Å². The number of aliphatic carboxylic acids is 1. The average Bonchev–Trinajstić information content (AvgIpc) is 2.19. The molecular formula is C9H5ClF5NO2. The van der Waals surface area contributed by atoms with Crippen LogP contribution in [0.3, 0.4) is 0 Å². The first-order valence-corrected chi connectivity index (χ1v) is 4.74. The minimum Gasteiger partial charge on any atom is -0.477 e. The van der Waals surface area contributed by atoms with Crippen molar-refractivity contribution in [2.75, 3.05) is 0 Å². The molecular weight excluding hydrogens is 285 g/mol. The molecule has 0 unspecified atom stereocenters. The molecule has 0 aliphatic heterocycles. The van der Waals surface area contributed by atoms with Crippen LogP contribution >= 0.6 is 11.6 Å². The van der Waals surface area contributed by atoms with E-state index >= 15 is 0 Å². The van der Waals surface area contributed by atoms with Crippen LogP contribution in [-0.4, -0.2) is 22.0 Å². The normalized spacial score (nSPS) is 12.6. The maximum absolute atomic E-state index is 12.9. The Morgan fingerprint density at radius 3 is 2.33 bits per heavy atom. The van der Waals surface area contributed by atoms with E-state index in [-0.39, 0.29) is 0 Å². The van der Waals surface area contributed by atoms with Gasteiger partial charge in [-0.2, -0.15) is 22.0 Å². The maximum Gasteiger partial charge on any atom is 0.417 e. The molecule has 0 bridgehead atoms. The van der Waals surface area contributed by atoms with E-state index in [2.05, 4.69) is 4.98 Å². The molecule has 0 aliphatic carbocycles. The molecule has 0 saturated heterocycles. The van der Waals surface area contributed by atoms with Crippen molar-refractivity contribution in [3.05, 3.63) is 28.5 Å². The zero-order valence-electron chi connectivity index (χ0n) is 8.43. The Kier molecular flexibility index (Phi) is 3.80. The summed E-state index contributed by atoms with van der Waals surface area (Å²) in [5.74, 6) is -6.66. The Balaban J connectivity index is 3.14. The molecule has 1 N–H and O–H groups in total. The van der Waals surface area contributed by atoms with E-state index < -0.39 is 40.8 Å². The second kappa shape index (κ2) is 4.68. The summed E-state index contributed by atoms with van der Waals surface area (Å²) in [6.45, 7) is 0. The summed E-state index contributed by atoms with van der Waals surface area (Å²) in [7, 11) is 0. The Morgan fingerprint density at radius 1 is 1.33 bits per heavy atom. The second-order valence-electron chi connectivity index (χ2n) is 3.36. The number of rotatable bonds is 3. The molecule has 0 amide bonds. The van der Waals surface area contributed by atoms with E-state index in [0.717, 1.165) is 0 Å². The third kappa shape index (κ3) is 3.28. The van der Waals surface area contributed by atoms with E-state index in [1.54, 1.807) is 0 Å². The van der Waals surface area contributed by atoms with Gasteiger partial charge >= 0.3 is 18.1 Å². The van der Waals surface area contributed by atoms with Crippen LogP contribution in [0, 0.1) is 0 Å². The number of pyridine rings is 1. The fourth-order valence-electron chi connectivity index (χ4n) is 1.09. The molecule has 18 heavy (non-hydrogen) atoms. The van der Waals surface area contributed by atoms with Gasteiger partial charge in [0.15, 0.2) is 0 Å². The predicted octanol–water partition coefficient (Wildman–Crippen LogP) is 3.02. The van der Waals surface area contributed by atoms with Crippen molar-refractivity contribution < 1.29 is 31.9 Å². The first kappa shape index (κ1) is 14.6. The van der Waals surface area contributed by atoms with Crippen molar-refractivity contribution in [1.82, 2.24) is 4.98 Å². The zero-order valence-corrected chi connectivity index (χ0v) is 9.19. The molecule has 3 nitrogen and oxygen atoms in total. The number of halogens is 6. The second-order valence-corrected chi connectivity index (χ2v) is 3.72. The Hall–Kier alpha value is -1.44. The maximum atomic E-state index is 12.9.